The molecule has 0 saturated carbocycles. The van der Waals surface area contributed by atoms with E-state index in [0.717, 1.165) is 35.2 Å². The molecule has 3 nitrogen and oxygen atoms in total. The van der Waals surface area contributed by atoms with E-state index in [1.165, 1.54) is 0 Å². The number of hydrogen-bond acceptors (Lipinski definition) is 3. The van der Waals surface area contributed by atoms with Crippen LogP contribution in [-0.2, 0) is 6.42 Å². The summed E-state index contributed by atoms with van der Waals surface area (Å²) < 4.78 is 0. The highest BCUT2D eigenvalue weighted by Crippen LogP contribution is 2.36. The highest BCUT2D eigenvalue weighted by Gasteiger charge is 2.19. The number of nitrogens with two attached hydrogens (primary N) is 1. The molecule has 0 aliphatic carbocycles. The van der Waals surface area contributed by atoms with Crippen LogP contribution in [0.5, 0.6) is 0 Å². The molecule has 1 atom stereocenters. The first-order valence-corrected chi connectivity index (χ1v) is 7.81. The molecule has 2 rings (SSSR count). The van der Waals surface area contributed by atoms with Gasteiger partial charge in [0.05, 0.1) is 0 Å². The summed E-state index contributed by atoms with van der Waals surface area (Å²) >= 11 is 6.33. The van der Waals surface area contributed by atoms with Gasteiger partial charge in [-0.05, 0) is 30.9 Å². The summed E-state index contributed by atoms with van der Waals surface area (Å²) in [5.41, 5.74) is 10.00. The fourth-order valence-electron chi connectivity index (χ4n) is 2.53. The smallest absolute Gasteiger partial charge is 0.142 e. The van der Waals surface area contributed by atoms with Gasteiger partial charge in [0.15, 0.2) is 0 Å². The average Bonchev–Trinajstić information content (AvgIpc) is 2.51. The topological polar surface area (TPSA) is 62.7 Å². The molecule has 0 spiro atoms. The number of nitriles is 1. The van der Waals surface area contributed by atoms with E-state index >= 15 is 0 Å². The van der Waals surface area contributed by atoms with E-state index < -0.39 is 0 Å². The van der Waals surface area contributed by atoms with Crippen molar-refractivity contribution >= 4 is 17.4 Å². The standard InChI is InChI=1S/C18H20ClN3/c1-4-11(2)9-16-12(3)17(14(10-20)18(21)22-16)13-7-5-6-8-15(13)19/h5-8,11H,4,9H2,1-3H3,(H2,21,22)/t11-/m0/s1. The van der Waals surface area contributed by atoms with Crippen LogP contribution in [0.1, 0.15) is 37.1 Å². The molecule has 22 heavy (non-hydrogen) atoms. The predicted molar refractivity (Wildman–Crippen MR) is 91.7 cm³/mol. The van der Waals surface area contributed by atoms with E-state index in [2.05, 4.69) is 24.9 Å². The lowest BCUT2D eigenvalue weighted by molar-refractivity contribution is 0.551. The van der Waals surface area contributed by atoms with Crippen molar-refractivity contribution in [3.8, 4) is 17.2 Å². The second-order valence-corrected chi connectivity index (χ2v) is 6.04. The zero-order valence-corrected chi connectivity index (χ0v) is 13.9. The van der Waals surface area contributed by atoms with Gasteiger partial charge in [0.1, 0.15) is 17.5 Å². The number of nitrogen functional groups attached to an aromatic ring is 1. The summed E-state index contributed by atoms with van der Waals surface area (Å²) in [6.45, 7) is 6.33. The maximum atomic E-state index is 9.48. The molecule has 0 amide bonds. The molecule has 2 aromatic rings. The van der Waals surface area contributed by atoms with Crippen LogP contribution in [0.3, 0.4) is 0 Å². The van der Waals surface area contributed by atoms with Gasteiger partial charge in [0.25, 0.3) is 0 Å². The van der Waals surface area contributed by atoms with E-state index in [1.807, 2.05) is 31.2 Å². The first-order chi connectivity index (χ1) is 10.5. The van der Waals surface area contributed by atoms with E-state index in [0.29, 0.717) is 16.5 Å². The highest BCUT2D eigenvalue weighted by molar-refractivity contribution is 6.33. The Bertz CT molecular complexity index is 732. The number of rotatable bonds is 4. The van der Waals surface area contributed by atoms with Gasteiger partial charge in [-0.1, -0.05) is 50.1 Å². The average molecular weight is 314 g/mol. The Balaban J connectivity index is 2.71. The van der Waals surface area contributed by atoms with E-state index in [1.54, 1.807) is 0 Å². The molecule has 114 valence electrons. The number of hydrogen-bond donors (Lipinski definition) is 1. The summed E-state index contributed by atoms with van der Waals surface area (Å²) in [6.07, 6.45) is 1.91. The fraction of sp³-hybridized carbons (Fsp3) is 0.333. The summed E-state index contributed by atoms with van der Waals surface area (Å²) in [7, 11) is 0. The fourth-order valence-corrected chi connectivity index (χ4v) is 2.76. The number of halogens is 1. The van der Waals surface area contributed by atoms with Crippen LogP contribution >= 0.6 is 11.6 Å². The second kappa shape index (κ2) is 6.81. The molecule has 1 heterocycles. The third-order valence-corrected chi connectivity index (χ3v) is 4.39. The molecule has 0 aliphatic rings. The maximum Gasteiger partial charge on any atom is 0.142 e. The van der Waals surface area contributed by atoms with Crippen molar-refractivity contribution in [3.05, 3.63) is 46.1 Å². The molecule has 1 aromatic carbocycles. The third kappa shape index (κ3) is 3.08. The summed E-state index contributed by atoms with van der Waals surface area (Å²) in [5, 5.41) is 10.1. The number of nitrogens with zero attached hydrogens (tertiary/aromatic N) is 2. The quantitative estimate of drug-likeness (QED) is 0.885. The van der Waals surface area contributed by atoms with Crippen molar-refractivity contribution in [3.63, 3.8) is 0 Å². The van der Waals surface area contributed by atoms with Crippen molar-refractivity contribution in [1.29, 1.82) is 5.26 Å². The first-order valence-electron chi connectivity index (χ1n) is 7.43. The number of aromatic nitrogens is 1. The van der Waals surface area contributed by atoms with Crippen molar-refractivity contribution in [2.45, 2.75) is 33.6 Å². The lowest BCUT2D eigenvalue weighted by atomic mass is 9.91. The molecule has 0 fully saturated rings. The van der Waals surface area contributed by atoms with Gasteiger partial charge < -0.3 is 5.73 Å². The van der Waals surface area contributed by atoms with E-state index in [9.17, 15) is 5.26 Å². The van der Waals surface area contributed by atoms with Gasteiger partial charge in [-0.25, -0.2) is 4.98 Å². The van der Waals surface area contributed by atoms with Gasteiger partial charge in [0.2, 0.25) is 0 Å². The van der Waals surface area contributed by atoms with Gasteiger partial charge in [0, 0.05) is 21.8 Å². The van der Waals surface area contributed by atoms with Crippen LogP contribution in [0.15, 0.2) is 24.3 Å². The Hall–Kier alpha value is -2.05. The van der Waals surface area contributed by atoms with Crippen molar-refractivity contribution < 1.29 is 0 Å². The van der Waals surface area contributed by atoms with Gasteiger partial charge in [-0.2, -0.15) is 5.26 Å². The van der Waals surface area contributed by atoms with Crippen LogP contribution in [0, 0.1) is 24.2 Å². The Morgan fingerprint density at radius 1 is 1.36 bits per heavy atom. The first kappa shape index (κ1) is 16.3. The van der Waals surface area contributed by atoms with E-state index in [-0.39, 0.29) is 5.82 Å². The Morgan fingerprint density at radius 3 is 2.64 bits per heavy atom. The summed E-state index contributed by atoms with van der Waals surface area (Å²) in [4.78, 5) is 4.46. The normalized spacial score (nSPS) is 12.0. The van der Waals surface area contributed by atoms with Crippen molar-refractivity contribution in [2.24, 2.45) is 5.92 Å². The predicted octanol–water partition coefficient (Wildman–Crippen LogP) is 4.75. The molecule has 0 bridgehead atoms. The van der Waals surface area contributed by atoms with E-state index in [4.69, 9.17) is 17.3 Å². The number of pyridine rings is 1. The number of anilines is 1. The zero-order valence-electron chi connectivity index (χ0n) is 13.2. The van der Waals surface area contributed by atoms with Crippen LogP contribution in [0.4, 0.5) is 5.82 Å². The third-order valence-electron chi connectivity index (χ3n) is 4.06. The minimum absolute atomic E-state index is 0.279. The maximum absolute atomic E-state index is 9.48. The highest BCUT2D eigenvalue weighted by atomic mass is 35.5. The molecule has 0 radical (unpaired) electrons. The lowest BCUT2D eigenvalue weighted by Gasteiger charge is -2.17. The van der Waals surface area contributed by atoms with Gasteiger partial charge in [-0.3, -0.25) is 0 Å². The molecule has 0 aliphatic heterocycles. The SMILES string of the molecule is CC[C@H](C)Cc1nc(N)c(C#N)c(-c2ccccc2Cl)c1C. The second-order valence-electron chi connectivity index (χ2n) is 5.63. The minimum atomic E-state index is 0.279. The van der Waals surface area contributed by atoms with Crippen LogP contribution in [0.2, 0.25) is 5.02 Å². The molecular formula is C18H20ClN3. The Morgan fingerprint density at radius 2 is 2.05 bits per heavy atom. The minimum Gasteiger partial charge on any atom is -0.383 e. The molecule has 1 aromatic heterocycles. The molecule has 0 unspecified atom stereocenters. The van der Waals surface area contributed by atoms with Gasteiger partial charge in [-0.15, -0.1) is 0 Å². The van der Waals surface area contributed by atoms with Crippen molar-refractivity contribution in [1.82, 2.24) is 4.98 Å². The number of benzene rings is 1. The van der Waals surface area contributed by atoms with Crippen molar-refractivity contribution in [2.75, 3.05) is 5.73 Å². The summed E-state index contributed by atoms with van der Waals surface area (Å²) in [5.74, 6) is 0.791. The molecular weight excluding hydrogens is 294 g/mol. The lowest BCUT2D eigenvalue weighted by Crippen LogP contribution is -2.09. The Kier molecular flexibility index (Phi) is 5.05. The van der Waals surface area contributed by atoms with Crippen LogP contribution < -0.4 is 5.73 Å². The monoisotopic (exact) mass is 313 g/mol. The zero-order chi connectivity index (χ0) is 16.3. The Labute approximate surface area is 136 Å². The van der Waals surface area contributed by atoms with Crippen LogP contribution in [0.25, 0.3) is 11.1 Å². The molecule has 4 heteroatoms. The summed E-state index contributed by atoms with van der Waals surface area (Å²) in [6, 6.07) is 9.70. The largest absolute Gasteiger partial charge is 0.383 e. The van der Waals surface area contributed by atoms with Crippen LogP contribution in [-0.4, -0.2) is 4.98 Å². The van der Waals surface area contributed by atoms with Gasteiger partial charge >= 0.3 is 0 Å². The molecule has 2 N–H and O–H groups in total. The molecule has 0 saturated heterocycles.